The average molecular weight is 224 g/mol. The van der Waals surface area contributed by atoms with E-state index in [1.54, 1.807) is 6.26 Å². The molecule has 0 fully saturated rings. The van der Waals surface area contributed by atoms with Gasteiger partial charge in [0.1, 0.15) is 0 Å². The zero-order valence-corrected chi connectivity index (χ0v) is 9.34. The minimum Gasteiger partial charge on any atom is -0.461 e. The van der Waals surface area contributed by atoms with Gasteiger partial charge in [-0.25, -0.2) is 4.98 Å². The van der Waals surface area contributed by atoms with E-state index < -0.39 is 0 Å². The van der Waals surface area contributed by atoms with Crippen LogP contribution < -0.4 is 0 Å². The quantitative estimate of drug-likeness (QED) is 0.638. The molecule has 0 saturated carbocycles. The van der Waals surface area contributed by atoms with Crippen molar-refractivity contribution in [2.75, 3.05) is 0 Å². The van der Waals surface area contributed by atoms with Gasteiger partial charge in [-0.05, 0) is 24.3 Å². The Labute approximate surface area is 99.0 Å². The summed E-state index contributed by atoms with van der Waals surface area (Å²) in [6, 6.07) is 11.8. The van der Waals surface area contributed by atoms with Crippen LogP contribution in [-0.4, -0.2) is 9.55 Å². The van der Waals surface area contributed by atoms with Crippen molar-refractivity contribution in [3.63, 3.8) is 0 Å². The predicted molar refractivity (Wildman–Crippen MR) is 67.6 cm³/mol. The summed E-state index contributed by atoms with van der Waals surface area (Å²) < 4.78 is 7.52. The van der Waals surface area contributed by atoms with Gasteiger partial charge in [0, 0.05) is 6.54 Å². The summed E-state index contributed by atoms with van der Waals surface area (Å²) in [6.45, 7) is 4.50. The van der Waals surface area contributed by atoms with Gasteiger partial charge in [0.05, 0.1) is 17.3 Å². The number of imidazole rings is 1. The molecule has 0 aliphatic rings. The lowest BCUT2D eigenvalue weighted by Crippen LogP contribution is -1.97. The van der Waals surface area contributed by atoms with Crippen LogP contribution >= 0.6 is 0 Å². The van der Waals surface area contributed by atoms with Crippen LogP contribution in [0.25, 0.3) is 22.6 Å². The van der Waals surface area contributed by atoms with Crippen molar-refractivity contribution in [1.29, 1.82) is 0 Å². The molecule has 0 amide bonds. The molecule has 3 aromatic rings. The van der Waals surface area contributed by atoms with E-state index in [0.29, 0.717) is 0 Å². The van der Waals surface area contributed by atoms with Gasteiger partial charge in [-0.1, -0.05) is 18.2 Å². The Morgan fingerprint density at radius 3 is 2.88 bits per heavy atom. The van der Waals surface area contributed by atoms with Gasteiger partial charge in [0.25, 0.3) is 0 Å². The van der Waals surface area contributed by atoms with E-state index in [9.17, 15) is 0 Å². The van der Waals surface area contributed by atoms with Crippen molar-refractivity contribution in [2.45, 2.75) is 6.54 Å². The molecule has 2 aromatic heterocycles. The molecule has 0 unspecified atom stereocenters. The highest BCUT2D eigenvalue weighted by Crippen LogP contribution is 2.24. The van der Waals surface area contributed by atoms with Gasteiger partial charge in [-0.3, -0.25) is 0 Å². The number of hydrogen-bond acceptors (Lipinski definition) is 2. The molecule has 84 valence electrons. The van der Waals surface area contributed by atoms with Gasteiger partial charge in [-0.2, -0.15) is 0 Å². The molecule has 3 nitrogen and oxygen atoms in total. The molecule has 17 heavy (non-hydrogen) atoms. The van der Waals surface area contributed by atoms with E-state index in [0.717, 1.165) is 29.2 Å². The summed E-state index contributed by atoms with van der Waals surface area (Å²) in [4.78, 5) is 4.60. The largest absolute Gasteiger partial charge is 0.461 e. The molecule has 0 saturated heterocycles. The minimum absolute atomic E-state index is 0.719. The predicted octanol–water partition coefficient (Wildman–Crippen LogP) is 3.48. The molecule has 3 rings (SSSR count). The number of benzene rings is 1. The third-order valence-corrected chi connectivity index (χ3v) is 2.71. The van der Waals surface area contributed by atoms with E-state index in [4.69, 9.17) is 4.42 Å². The molecule has 0 N–H and O–H groups in total. The van der Waals surface area contributed by atoms with Crippen molar-refractivity contribution in [2.24, 2.45) is 0 Å². The third kappa shape index (κ3) is 1.56. The second-order valence-electron chi connectivity index (χ2n) is 3.80. The van der Waals surface area contributed by atoms with Gasteiger partial charge in [0.2, 0.25) is 0 Å². The number of para-hydroxylation sites is 2. The van der Waals surface area contributed by atoms with Crippen LogP contribution in [0.5, 0.6) is 0 Å². The minimum atomic E-state index is 0.719. The molecule has 0 atom stereocenters. The first-order valence-corrected chi connectivity index (χ1v) is 5.50. The first-order chi connectivity index (χ1) is 8.40. The maximum Gasteiger partial charge on any atom is 0.177 e. The van der Waals surface area contributed by atoms with Crippen LogP contribution in [0, 0.1) is 0 Å². The van der Waals surface area contributed by atoms with E-state index in [-0.39, 0.29) is 0 Å². The number of furan rings is 1. The maximum absolute atomic E-state index is 5.42. The fourth-order valence-electron chi connectivity index (χ4n) is 1.98. The number of allylic oxidation sites excluding steroid dienone is 1. The third-order valence-electron chi connectivity index (χ3n) is 2.71. The highest BCUT2D eigenvalue weighted by Gasteiger charge is 2.12. The Balaban J connectivity index is 2.29. The first kappa shape index (κ1) is 9.90. The molecule has 3 heteroatoms. The van der Waals surface area contributed by atoms with E-state index >= 15 is 0 Å². The number of aromatic nitrogens is 2. The standard InChI is InChI=1S/C14H12N2O/c1-2-9-16-12-7-4-3-6-11(12)15-14(16)13-8-5-10-17-13/h2-8,10H,1,9H2. The fraction of sp³-hybridized carbons (Fsp3) is 0.0714. The average Bonchev–Trinajstić information content (AvgIpc) is 2.97. The van der Waals surface area contributed by atoms with Gasteiger partial charge >= 0.3 is 0 Å². The summed E-state index contributed by atoms with van der Waals surface area (Å²) in [7, 11) is 0. The Kier molecular flexibility index (Phi) is 2.29. The number of hydrogen-bond donors (Lipinski definition) is 0. The molecule has 0 bridgehead atoms. The number of nitrogens with zero attached hydrogens (tertiary/aromatic N) is 2. The van der Waals surface area contributed by atoms with Crippen LogP contribution in [0.1, 0.15) is 0 Å². The van der Waals surface area contributed by atoms with E-state index in [2.05, 4.69) is 22.2 Å². The Bertz CT molecular complexity index is 650. The Hall–Kier alpha value is -2.29. The molecule has 1 aromatic carbocycles. The Morgan fingerprint density at radius 2 is 2.12 bits per heavy atom. The molecule has 0 spiro atoms. The molecule has 0 radical (unpaired) electrons. The highest BCUT2D eigenvalue weighted by molar-refractivity contribution is 5.79. The maximum atomic E-state index is 5.42. The summed E-state index contributed by atoms with van der Waals surface area (Å²) in [5.41, 5.74) is 2.07. The topological polar surface area (TPSA) is 31.0 Å². The Morgan fingerprint density at radius 1 is 1.24 bits per heavy atom. The van der Waals surface area contributed by atoms with Crippen molar-refractivity contribution in [3.8, 4) is 11.6 Å². The van der Waals surface area contributed by atoms with Gasteiger partial charge in [0.15, 0.2) is 11.6 Å². The summed E-state index contributed by atoms with van der Waals surface area (Å²) in [5.74, 6) is 1.62. The van der Waals surface area contributed by atoms with Gasteiger partial charge < -0.3 is 8.98 Å². The van der Waals surface area contributed by atoms with Crippen LogP contribution in [0.3, 0.4) is 0 Å². The zero-order chi connectivity index (χ0) is 11.7. The van der Waals surface area contributed by atoms with Crippen LogP contribution in [0.2, 0.25) is 0 Å². The lowest BCUT2D eigenvalue weighted by Gasteiger charge is -2.03. The molecule has 0 aliphatic heterocycles. The van der Waals surface area contributed by atoms with Crippen LogP contribution in [-0.2, 0) is 6.54 Å². The van der Waals surface area contributed by atoms with Crippen molar-refractivity contribution in [1.82, 2.24) is 9.55 Å². The molecule has 2 heterocycles. The lowest BCUT2D eigenvalue weighted by atomic mass is 10.3. The van der Waals surface area contributed by atoms with Crippen LogP contribution in [0.15, 0.2) is 59.7 Å². The SMILES string of the molecule is C=CCn1c(-c2ccco2)nc2ccccc21. The lowest BCUT2D eigenvalue weighted by molar-refractivity contribution is 0.573. The summed E-state index contributed by atoms with van der Waals surface area (Å²) in [6.07, 6.45) is 3.52. The normalized spacial score (nSPS) is 10.8. The van der Waals surface area contributed by atoms with E-state index in [1.807, 2.05) is 36.4 Å². The summed E-state index contributed by atoms with van der Waals surface area (Å²) in [5, 5.41) is 0. The number of rotatable bonds is 3. The highest BCUT2D eigenvalue weighted by atomic mass is 16.3. The monoisotopic (exact) mass is 224 g/mol. The molecular formula is C14H12N2O. The van der Waals surface area contributed by atoms with Gasteiger partial charge in [-0.15, -0.1) is 6.58 Å². The zero-order valence-electron chi connectivity index (χ0n) is 9.34. The van der Waals surface area contributed by atoms with Crippen molar-refractivity contribution >= 4 is 11.0 Å². The van der Waals surface area contributed by atoms with E-state index in [1.165, 1.54) is 0 Å². The second kappa shape index (κ2) is 3.94. The molecule has 0 aliphatic carbocycles. The first-order valence-electron chi connectivity index (χ1n) is 5.50. The van der Waals surface area contributed by atoms with Crippen LogP contribution in [0.4, 0.5) is 0 Å². The summed E-state index contributed by atoms with van der Waals surface area (Å²) >= 11 is 0. The fourth-order valence-corrected chi connectivity index (χ4v) is 1.98. The molecular weight excluding hydrogens is 212 g/mol. The smallest absolute Gasteiger partial charge is 0.177 e. The van der Waals surface area contributed by atoms with Crippen molar-refractivity contribution in [3.05, 3.63) is 55.3 Å². The second-order valence-corrected chi connectivity index (χ2v) is 3.80. The van der Waals surface area contributed by atoms with Crippen molar-refractivity contribution < 1.29 is 4.42 Å². The number of fused-ring (bicyclic) bond motifs is 1.